The Bertz CT molecular complexity index is 920. The lowest BCUT2D eigenvalue weighted by atomic mass is 10.1. The molecule has 3 rings (SSSR count). The first-order valence-corrected chi connectivity index (χ1v) is 10.2. The SMILES string of the molecule is CN(C)C(=O)c1cccc(NC(=O)CNc2cccc(C(=O)N3CCCCC3)c2)c1. The molecule has 2 aromatic carbocycles. The topological polar surface area (TPSA) is 81.8 Å². The van der Waals surface area contributed by atoms with E-state index in [2.05, 4.69) is 10.6 Å². The number of carbonyl (C=O) groups excluding carboxylic acids is 3. The third kappa shape index (κ3) is 5.59. The summed E-state index contributed by atoms with van der Waals surface area (Å²) in [6.45, 7) is 1.65. The molecular weight excluding hydrogens is 380 g/mol. The molecule has 7 nitrogen and oxygen atoms in total. The van der Waals surface area contributed by atoms with Gasteiger partial charge >= 0.3 is 0 Å². The van der Waals surface area contributed by atoms with Crippen molar-refractivity contribution >= 4 is 29.1 Å². The summed E-state index contributed by atoms with van der Waals surface area (Å²) in [6.07, 6.45) is 3.27. The van der Waals surface area contributed by atoms with E-state index < -0.39 is 0 Å². The lowest BCUT2D eigenvalue weighted by Crippen LogP contribution is -2.35. The molecule has 7 heteroatoms. The molecule has 0 unspecified atom stereocenters. The van der Waals surface area contributed by atoms with Crippen LogP contribution in [0.1, 0.15) is 40.0 Å². The van der Waals surface area contributed by atoms with Crippen LogP contribution in [0.4, 0.5) is 11.4 Å². The number of amides is 3. The fourth-order valence-electron chi connectivity index (χ4n) is 3.42. The number of rotatable bonds is 6. The van der Waals surface area contributed by atoms with Gasteiger partial charge in [-0.3, -0.25) is 14.4 Å². The maximum atomic E-state index is 12.7. The summed E-state index contributed by atoms with van der Waals surface area (Å²) in [5.41, 5.74) is 2.40. The van der Waals surface area contributed by atoms with Crippen molar-refractivity contribution in [3.8, 4) is 0 Å². The van der Waals surface area contributed by atoms with Gasteiger partial charge in [0.15, 0.2) is 0 Å². The molecule has 3 amide bonds. The van der Waals surface area contributed by atoms with Gasteiger partial charge in [0.25, 0.3) is 11.8 Å². The first-order chi connectivity index (χ1) is 14.4. The lowest BCUT2D eigenvalue weighted by Gasteiger charge is -2.26. The van der Waals surface area contributed by atoms with Crippen LogP contribution in [0.2, 0.25) is 0 Å². The Morgan fingerprint density at radius 3 is 2.23 bits per heavy atom. The minimum Gasteiger partial charge on any atom is -0.376 e. The maximum Gasteiger partial charge on any atom is 0.253 e. The summed E-state index contributed by atoms with van der Waals surface area (Å²) in [5.74, 6) is -0.332. The first kappa shape index (κ1) is 21.4. The average Bonchev–Trinajstić information content (AvgIpc) is 2.77. The fourth-order valence-corrected chi connectivity index (χ4v) is 3.42. The van der Waals surface area contributed by atoms with Crippen LogP contribution in [0, 0.1) is 0 Å². The van der Waals surface area contributed by atoms with Gasteiger partial charge in [-0.1, -0.05) is 12.1 Å². The van der Waals surface area contributed by atoms with E-state index in [4.69, 9.17) is 0 Å². The van der Waals surface area contributed by atoms with E-state index in [-0.39, 0.29) is 24.3 Å². The quantitative estimate of drug-likeness (QED) is 0.770. The molecule has 0 atom stereocenters. The van der Waals surface area contributed by atoms with E-state index in [0.717, 1.165) is 25.9 Å². The molecule has 1 saturated heterocycles. The van der Waals surface area contributed by atoms with E-state index in [0.29, 0.717) is 22.5 Å². The molecule has 0 radical (unpaired) electrons. The van der Waals surface area contributed by atoms with E-state index in [1.807, 2.05) is 17.0 Å². The highest BCUT2D eigenvalue weighted by Crippen LogP contribution is 2.17. The molecule has 0 saturated carbocycles. The molecule has 30 heavy (non-hydrogen) atoms. The molecule has 1 aliphatic heterocycles. The van der Waals surface area contributed by atoms with Crippen molar-refractivity contribution in [3.63, 3.8) is 0 Å². The van der Waals surface area contributed by atoms with Gasteiger partial charge in [0.1, 0.15) is 0 Å². The van der Waals surface area contributed by atoms with Crippen molar-refractivity contribution in [2.24, 2.45) is 0 Å². The smallest absolute Gasteiger partial charge is 0.253 e. The third-order valence-corrected chi connectivity index (χ3v) is 5.01. The fraction of sp³-hybridized carbons (Fsp3) is 0.348. The average molecular weight is 409 g/mol. The van der Waals surface area contributed by atoms with Crippen LogP contribution in [0.25, 0.3) is 0 Å². The molecule has 0 bridgehead atoms. The predicted octanol–water partition coefficient (Wildman–Crippen LogP) is 3.07. The van der Waals surface area contributed by atoms with Crippen molar-refractivity contribution < 1.29 is 14.4 Å². The van der Waals surface area contributed by atoms with E-state index in [9.17, 15) is 14.4 Å². The highest BCUT2D eigenvalue weighted by Gasteiger charge is 2.18. The van der Waals surface area contributed by atoms with Crippen molar-refractivity contribution in [2.75, 3.05) is 44.4 Å². The molecule has 1 aliphatic rings. The van der Waals surface area contributed by atoms with Crippen LogP contribution in [-0.4, -0.2) is 61.3 Å². The minimum absolute atomic E-state index is 0.0326. The Balaban J connectivity index is 1.57. The Morgan fingerprint density at radius 1 is 0.900 bits per heavy atom. The van der Waals surface area contributed by atoms with Crippen molar-refractivity contribution in [1.29, 1.82) is 0 Å². The second-order valence-corrected chi connectivity index (χ2v) is 7.62. The second kappa shape index (κ2) is 9.91. The lowest BCUT2D eigenvalue weighted by molar-refractivity contribution is -0.114. The van der Waals surface area contributed by atoms with Gasteiger partial charge < -0.3 is 20.4 Å². The van der Waals surface area contributed by atoms with Gasteiger partial charge in [-0.2, -0.15) is 0 Å². The number of piperidine rings is 1. The number of nitrogens with zero attached hydrogens (tertiary/aromatic N) is 2. The predicted molar refractivity (Wildman–Crippen MR) is 118 cm³/mol. The first-order valence-electron chi connectivity index (χ1n) is 10.2. The van der Waals surface area contributed by atoms with Crippen LogP contribution in [0.3, 0.4) is 0 Å². The van der Waals surface area contributed by atoms with E-state index in [1.165, 1.54) is 11.3 Å². The number of benzene rings is 2. The van der Waals surface area contributed by atoms with E-state index >= 15 is 0 Å². The zero-order valence-electron chi connectivity index (χ0n) is 17.5. The number of carbonyl (C=O) groups is 3. The summed E-state index contributed by atoms with van der Waals surface area (Å²) in [4.78, 5) is 40.4. The van der Waals surface area contributed by atoms with Crippen molar-refractivity contribution in [2.45, 2.75) is 19.3 Å². The van der Waals surface area contributed by atoms with Gasteiger partial charge in [-0.05, 0) is 55.7 Å². The highest BCUT2D eigenvalue weighted by atomic mass is 16.2. The normalized spacial score (nSPS) is 13.5. The number of likely N-dealkylation sites (tertiary alicyclic amines) is 1. The summed E-state index contributed by atoms with van der Waals surface area (Å²) in [7, 11) is 3.36. The van der Waals surface area contributed by atoms with Gasteiger partial charge in [-0.15, -0.1) is 0 Å². The molecule has 0 aromatic heterocycles. The molecule has 2 N–H and O–H groups in total. The highest BCUT2D eigenvalue weighted by molar-refractivity contribution is 5.98. The molecule has 158 valence electrons. The molecule has 0 aliphatic carbocycles. The third-order valence-electron chi connectivity index (χ3n) is 5.01. The number of nitrogens with one attached hydrogen (secondary N) is 2. The van der Waals surface area contributed by atoms with Crippen molar-refractivity contribution in [3.05, 3.63) is 59.7 Å². The molecule has 0 spiro atoms. The summed E-state index contributed by atoms with van der Waals surface area (Å²) in [6, 6.07) is 14.1. The standard InChI is InChI=1S/C23H28N4O3/c1-26(2)22(29)17-8-7-11-20(15-17)25-21(28)16-24-19-10-6-9-18(14-19)23(30)27-12-4-3-5-13-27/h6-11,14-15,24H,3-5,12-13,16H2,1-2H3,(H,25,28). The number of hydrogen-bond acceptors (Lipinski definition) is 4. The minimum atomic E-state index is -0.239. The van der Waals surface area contributed by atoms with E-state index in [1.54, 1.807) is 50.5 Å². The zero-order chi connectivity index (χ0) is 21.5. The summed E-state index contributed by atoms with van der Waals surface area (Å²) < 4.78 is 0. The van der Waals surface area contributed by atoms with Gasteiger partial charge in [0.2, 0.25) is 5.91 Å². The summed E-state index contributed by atoms with van der Waals surface area (Å²) >= 11 is 0. The Labute approximate surface area is 177 Å². The Morgan fingerprint density at radius 2 is 1.53 bits per heavy atom. The Hall–Kier alpha value is -3.35. The second-order valence-electron chi connectivity index (χ2n) is 7.62. The van der Waals surface area contributed by atoms with Crippen LogP contribution >= 0.6 is 0 Å². The van der Waals surface area contributed by atoms with Crippen LogP contribution in [0.5, 0.6) is 0 Å². The maximum absolute atomic E-state index is 12.7. The van der Waals surface area contributed by atoms with Gasteiger partial charge in [0.05, 0.1) is 6.54 Å². The molecule has 1 heterocycles. The van der Waals surface area contributed by atoms with Crippen LogP contribution in [-0.2, 0) is 4.79 Å². The van der Waals surface area contributed by atoms with Crippen LogP contribution < -0.4 is 10.6 Å². The Kier molecular flexibility index (Phi) is 7.06. The van der Waals surface area contributed by atoms with Gasteiger partial charge in [-0.25, -0.2) is 0 Å². The zero-order valence-corrected chi connectivity index (χ0v) is 17.5. The van der Waals surface area contributed by atoms with Crippen molar-refractivity contribution in [1.82, 2.24) is 9.80 Å². The monoisotopic (exact) mass is 408 g/mol. The molecule has 1 fully saturated rings. The van der Waals surface area contributed by atoms with Gasteiger partial charge in [0, 0.05) is 49.7 Å². The van der Waals surface area contributed by atoms with Crippen LogP contribution in [0.15, 0.2) is 48.5 Å². The molecule has 2 aromatic rings. The number of hydrogen-bond donors (Lipinski definition) is 2. The largest absolute Gasteiger partial charge is 0.376 e. The summed E-state index contributed by atoms with van der Waals surface area (Å²) in [5, 5.41) is 5.85. The number of anilines is 2. The molecular formula is C23H28N4O3.